The quantitative estimate of drug-likeness (QED) is 0.508. The molecule has 2 heteroatoms. The van der Waals surface area contributed by atoms with Crippen molar-refractivity contribution in [1.82, 2.24) is 0 Å². The van der Waals surface area contributed by atoms with Crippen molar-refractivity contribution in [2.75, 3.05) is 0 Å². The summed E-state index contributed by atoms with van der Waals surface area (Å²) >= 11 is 0. The molecule has 0 aromatic carbocycles. The molecule has 0 saturated heterocycles. The van der Waals surface area contributed by atoms with Crippen molar-refractivity contribution in [2.45, 2.75) is 20.0 Å². The zero-order valence-electron chi connectivity index (χ0n) is 6.13. The number of fused-ring (bicyclic) bond motifs is 1. The minimum atomic E-state index is 0.258. The molecule has 0 fully saturated rings. The Kier molecular flexibility index (Phi) is 1.04. The van der Waals surface area contributed by atoms with Crippen molar-refractivity contribution in [3.8, 4) is 0 Å². The van der Waals surface area contributed by atoms with Crippen LogP contribution in [0.5, 0.6) is 0 Å². The third-order valence-corrected chi connectivity index (χ3v) is 2.00. The molecule has 0 spiro atoms. The van der Waals surface area contributed by atoms with E-state index in [0.717, 1.165) is 11.5 Å². The van der Waals surface area contributed by atoms with E-state index in [9.17, 15) is 0 Å². The van der Waals surface area contributed by atoms with Crippen LogP contribution in [0.15, 0.2) is 23.9 Å². The van der Waals surface area contributed by atoms with Gasteiger partial charge in [0.25, 0.3) is 0 Å². The summed E-state index contributed by atoms with van der Waals surface area (Å²) in [6, 6.07) is 0. The molecule has 2 atom stereocenters. The van der Waals surface area contributed by atoms with Gasteiger partial charge in [0.2, 0.25) is 0 Å². The SMILES string of the molecule is CC1=C2OC=CC2C(C)O1. The van der Waals surface area contributed by atoms with Crippen LogP contribution < -0.4 is 0 Å². The van der Waals surface area contributed by atoms with Gasteiger partial charge in [0.15, 0.2) is 5.76 Å². The molecule has 0 amide bonds. The van der Waals surface area contributed by atoms with Gasteiger partial charge in [-0.05, 0) is 19.9 Å². The van der Waals surface area contributed by atoms with Crippen LogP contribution in [0.4, 0.5) is 0 Å². The predicted octanol–water partition coefficient (Wildman–Crippen LogP) is 1.80. The molecular formula is C8H10O2. The highest BCUT2D eigenvalue weighted by Gasteiger charge is 2.34. The molecule has 0 N–H and O–H groups in total. The van der Waals surface area contributed by atoms with E-state index in [1.165, 1.54) is 0 Å². The first-order chi connectivity index (χ1) is 4.79. The Morgan fingerprint density at radius 3 is 3.00 bits per heavy atom. The molecule has 2 unspecified atom stereocenters. The lowest BCUT2D eigenvalue weighted by atomic mass is 10.1. The van der Waals surface area contributed by atoms with E-state index in [2.05, 4.69) is 6.92 Å². The topological polar surface area (TPSA) is 18.5 Å². The molecule has 2 heterocycles. The minimum absolute atomic E-state index is 0.258. The van der Waals surface area contributed by atoms with E-state index < -0.39 is 0 Å². The number of hydrogen-bond donors (Lipinski definition) is 0. The number of allylic oxidation sites excluding steroid dienone is 1. The smallest absolute Gasteiger partial charge is 0.151 e. The second kappa shape index (κ2) is 1.78. The zero-order chi connectivity index (χ0) is 7.14. The normalized spacial score (nSPS) is 35.8. The summed E-state index contributed by atoms with van der Waals surface area (Å²) in [5.41, 5.74) is 0. The van der Waals surface area contributed by atoms with Crippen molar-refractivity contribution in [3.05, 3.63) is 23.9 Å². The van der Waals surface area contributed by atoms with Gasteiger partial charge in [-0.15, -0.1) is 0 Å². The van der Waals surface area contributed by atoms with E-state index >= 15 is 0 Å². The molecule has 0 aliphatic carbocycles. The highest BCUT2D eigenvalue weighted by molar-refractivity contribution is 5.21. The third kappa shape index (κ3) is 0.589. The van der Waals surface area contributed by atoms with Gasteiger partial charge in [0, 0.05) is 0 Å². The molecule has 2 aliphatic rings. The van der Waals surface area contributed by atoms with E-state index in [-0.39, 0.29) is 6.10 Å². The first kappa shape index (κ1) is 5.83. The van der Waals surface area contributed by atoms with Gasteiger partial charge in [-0.3, -0.25) is 0 Å². The second-order valence-corrected chi connectivity index (χ2v) is 2.72. The van der Waals surface area contributed by atoms with E-state index in [4.69, 9.17) is 9.47 Å². The first-order valence-electron chi connectivity index (χ1n) is 3.50. The Balaban J connectivity index is 2.33. The maximum Gasteiger partial charge on any atom is 0.151 e. The van der Waals surface area contributed by atoms with Gasteiger partial charge in [0.1, 0.15) is 11.9 Å². The Bertz CT molecular complexity index is 215. The summed E-state index contributed by atoms with van der Waals surface area (Å²) < 4.78 is 10.7. The van der Waals surface area contributed by atoms with Gasteiger partial charge in [-0.1, -0.05) is 0 Å². The maximum atomic E-state index is 5.43. The first-order valence-corrected chi connectivity index (χ1v) is 3.50. The van der Waals surface area contributed by atoms with Crippen molar-refractivity contribution in [1.29, 1.82) is 0 Å². The lowest BCUT2D eigenvalue weighted by molar-refractivity contribution is 0.143. The zero-order valence-corrected chi connectivity index (χ0v) is 6.13. The molecule has 10 heavy (non-hydrogen) atoms. The van der Waals surface area contributed by atoms with Gasteiger partial charge in [-0.2, -0.15) is 0 Å². The van der Waals surface area contributed by atoms with Crippen molar-refractivity contribution in [3.63, 3.8) is 0 Å². The molecule has 2 nitrogen and oxygen atoms in total. The van der Waals surface area contributed by atoms with E-state index in [1.807, 2.05) is 13.0 Å². The Hall–Kier alpha value is -0.920. The summed E-state index contributed by atoms with van der Waals surface area (Å²) in [6.07, 6.45) is 4.03. The molecule has 2 aliphatic heterocycles. The molecule has 0 saturated carbocycles. The highest BCUT2D eigenvalue weighted by Crippen LogP contribution is 2.36. The second-order valence-electron chi connectivity index (χ2n) is 2.72. The number of ether oxygens (including phenoxy) is 2. The molecule has 2 rings (SSSR count). The highest BCUT2D eigenvalue weighted by atomic mass is 16.5. The molecular weight excluding hydrogens is 128 g/mol. The minimum Gasteiger partial charge on any atom is -0.491 e. The Labute approximate surface area is 60.1 Å². The summed E-state index contributed by atoms with van der Waals surface area (Å²) in [7, 11) is 0. The summed E-state index contributed by atoms with van der Waals surface area (Å²) in [4.78, 5) is 0. The Morgan fingerprint density at radius 2 is 2.30 bits per heavy atom. The van der Waals surface area contributed by atoms with E-state index in [1.54, 1.807) is 6.26 Å². The van der Waals surface area contributed by atoms with Crippen LogP contribution in [0.3, 0.4) is 0 Å². The van der Waals surface area contributed by atoms with Crippen LogP contribution in [-0.2, 0) is 9.47 Å². The molecule has 0 aromatic heterocycles. The third-order valence-electron chi connectivity index (χ3n) is 2.00. The van der Waals surface area contributed by atoms with Crippen molar-refractivity contribution >= 4 is 0 Å². The fourth-order valence-corrected chi connectivity index (χ4v) is 1.46. The van der Waals surface area contributed by atoms with Gasteiger partial charge >= 0.3 is 0 Å². The average Bonchev–Trinajstić information content (AvgIpc) is 2.39. The molecule has 0 radical (unpaired) electrons. The maximum absolute atomic E-state index is 5.43. The van der Waals surface area contributed by atoms with Gasteiger partial charge in [-0.25, -0.2) is 0 Å². The largest absolute Gasteiger partial charge is 0.491 e. The van der Waals surface area contributed by atoms with E-state index in [0.29, 0.717) is 5.92 Å². The Morgan fingerprint density at radius 1 is 1.50 bits per heavy atom. The van der Waals surface area contributed by atoms with Crippen LogP contribution in [0.1, 0.15) is 13.8 Å². The number of hydrogen-bond acceptors (Lipinski definition) is 2. The average molecular weight is 138 g/mol. The van der Waals surface area contributed by atoms with Crippen LogP contribution in [0.25, 0.3) is 0 Å². The number of rotatable bonds is 0. The summed E-state index contributed by atoms with van der Waals surface area (Å²) in [5, 5.41) is 0. The summed E-state index contributed by atoms with van der Waals surface area (Å²) in [6.45, 7) is 4.00. The standard InChI is InChI=1S/C8H10O2/c1-5-7-3-4-9-8(7)6(2)10-5/h3-5,7H,1-2H3. The van der Waals surface area contributed by atoms with Crippen molar-refractivity contribution in [2.24, 2.45) is 5.92 Å². The lowest BCUT2D eigenvalue weighted by Gasteiger charge is -2.07. The predicted molar refractivity (Wildman–Crippen MR) is 37.0 cm³/mol. The fraction of sp³-hybridized carbons (Fsp3) is 0.500. The van der Waals surface area contributed by atoms with Gasteiger partial charge < -0.3 is 9.47 Å². The lowest BCUT2D eigenvalue weighted by Crippen LogP contribution is -2.09. The summed E-state index contributed by atoms with van der Waals surface area (Å²) in [5.74, 6) is 2.30. The van der Waals surface area contributed by atoms with Crippen LogP contribution in [-0.4, -0.2) is 6.10 Å². The molecule has 0 aromatic rings. The molecule has 54 valence electrons. The fourth-order valence-electron chi connectivity index (χ4n) is 1.46. The molecule has 0 bridgehead atoms. The van der Waals surface area contributed by atoms with Crippen LogP contribution in [0, 0.1) is 5.92 Å². The monoisotopic (exact) mass is 138 g/mol. The van der Waals surface area contributed by atoms with Gasteiger partial charge in [0.05, 0.1) is 12.2 Å². The van der Waals surface area contributed by atoms with Crippen molar-refractivity contribution < 1.29 is 9.47 Å². The van der Waals surface area contributed by atoms with Crippen LogP contribution in [0.2, 0.25) is 0 Å². The van der Waals surface area contributed by atoms with Crippen LogP contribution >= 0.6 is 0 Å².